The number of hydrogen-bond donors (Lipinski definition) is 3. The number of rotatable bonds is 0. The second-order valence-electron chi connectivity index (χ2n) is 2.53. The standard InChI is InChI=1S/C8H7NOS2/c9-5-3-12-8-2-7(11)6(10)1-4(5)8/h1-3,10-11H,9H2. The number of thiophene rings is 1. The van der Waals surface area contributed by atoms with Gasteiger partial charge in [-0.3, -0.25) is 0 Å². The van der Waals surface area contributed by atoms with Crippen LogP contribution in [0.4, 0.5) is 5.69 Å². The van der Waals surface area contributed by atoms with Gasteiger partial charge in [0.2, 0.25) is 0 Å². The van der Waals surface area contributed by atoms with Crippen molar-refractivity contribution in [1.29, 1.82) is 0 Å². The number of fused-ring (bicyclic) bond motifs is 1. The molecule has 12 heavy (non-hydrogen) atoms. The van der Waals surface area contributed by atoms with Gasteiger partial charge in [0.15, 0.2) is 0 Å². The number of thiol groups is 1. The third kappa shape index (κ3) is 1.04. The lowest BCUT2D eigenvalue weighted by atomic mass is 10.2. The van der Waals surface area contributed by atoms with Gasteiger partial charge in [0.25, 0.3) is 0 Å². The Labute approximate surface area is 79.0 Å². The van der Waals surface area contributed by atoms with E-state index >= 15 is 0 Å². The van der Waals surface area contributed by atoms with Crippen molar-refractivity contribution in [2.24, 2.45) is 0 Å². The Kier molecular flexibility index (Phi) is 1.66. The first-order valence-corrected chi connectivity index (χ1v) is 4.70. The normalized spacial score (nSPS) is 10.8. The Morgan fingerprint density at radius 1 is 1.42 bits per heavy atom. The van der Waals surface area contributed by atoms with Crippen molar-refractivity contribution in [3.8, 4) is 5.75 Å². The van der Waals surface area contributed by atoms with Crippen LogP contribution in [0.25, 0.3) is 10.1 Å². The molecule has 0 atom stereocenters. The van der Waals surface area contributed by atoms with E-state index in [-0.39, 0.29) is 5.75 Å². The lowest BCUT2D eigenvalue weighted by molar-refractivity contribution is 0.464. The molecule has 0 aliphatic rings. The number of anilines is 1. The summed E-state index contributed by atoms with van der Waals surface area (Å²) >= 11 is 5.65. The van der Waals surface area contributed by atoms with Gasteiger partial charge in [-0.1, -0.05) is 0 Å². The number of phenols is 1. The zero-order chi connectivity index (χ0) is 8.72. The molecule has 1 aromatic carbocycles. The second-order valence-corrected chi connectivity index (χ2v) is 3.92. The zero-order valence-electron chi connectivity index (χ0n) is 6.11. The highest BCUT2D eigenvalue weighted by Crippen LogP contribution is 2.34. The van der Waals surface area contributed by atoms with Gasteiger partial charge >= 0.3 is 0 Å². The van der Waals surface area contributed by atoms with Crippen LogP contribution in [0.3, 0.4) is 0 Å². The van der Waals surface area contributed by atoms with Gasteiger partial charge in [-0.25, -0.2) is 0 Å². The molecule has 0 unspecified atom stereocenters. The fourth-order valence-corrected chi connectivity index (χ4v) is 2.22. The number of aromatic hydroxyl groups is 1. The number of benzene rings is 1. The van der Waals surface area contributed by atoms with E-state index in [0.717, 1.165) is 10.1 Å². The van der Waals surface area contributed by atoms with Crippen LogP contribution in [-0.4, -0.2) is 5.11 Å². The van der Waals surface area contributed by atoms with E-state index in [1.807, 2.05) is 11.4 Å². The maximum atomic E-state index is 9.33. The Balaban J connectivity index is 2.87. The number of phenolic OH excluding ortho intramolecular Hbond substituents is 1. The largest absolute Gasteiger partial charge is 0.507 e. The van der Waals surface area contributed by atoms with Crippen LogP contribution in [0.2, 0.25) is 0 Å². The SMILES string of the molecule is Nc1csc2cc(S)c(O)cc12. The monoisotopic (exact) mass is 197 g/mol. The first-order chi connectivity index (χ1) is 5.68. The minimum atomic E-state index is 0.177. The maximum absolute atomic E-state index is 9.33. The van der Waals surface area contributed by atoms with Crippen molar-refractivity contribution < 1.29 is 5.11 Å². The molecule has 4 heteroatoms. The number of nitrogen functional groups attached to an aromatic ring is 1. The molecule has 2 rings (SSSR count). The molecule has 2 aromatic rings. The number of nitrogens with two attached hydrogens (primary N) is 1. The molecule has 62 valence electrons. The predicted octanol–water partition coefficient (Wildman–Crippen LogP) is 2.48. The first-order valence-electron chi connectivity index (χ1n) is 3.37. The van der Waals surface area contributed by atoms with E-state index in [9.17, 15) is 5.11 Å². The minimum absolute atomic E-state index is 0.177. The maximum Gasteiger partial charge on any atom is 0.129 e. The lowest BCUT2D eigenvalue weighted by Crippen LogP contribution is -1.80. The van der Waals surface area contributed by atoms with Crippen molar-refractivity contribution in [1.82, 2.24) is 0 Å². The van der Waals surface area contributed by atoms with Crippen LogP contribution in [0.1, 0.15) is 0 Å². The summed E-state index contributed by atoms with van der Waals surface area (Å²) in [6.07, 6.45) is 0. The van der Waals surface area contributed by atoms with Gasteiger partial charge < -0.3 is 10.8 Å². The molecule has 0 aliphatic carbocycles. The summed E-state index contributed by atoms with van der Waals surface area (Å²) in [7, 11) is 0. The molecule has 0 aliphatic heterocycles. The van der Waals surface area contributed by atoms with Crippen molar-refractivity contribution in [3.05, 3.63) is 17.5 Å². The summed E-state index contributed by atoms with van der Waals surface area (Å²) < 4.78 is 1.05. The Hall–Kier alpha value is -0.870. The average molecular weight is 197 g/mol. The highest BCUT2D eigenvalue weighted by Gasteiger charge is 2.04. The first kappa shape index (κ1) is 7.76. The highest BCUT2D eigenvalue weighted by molar-refractivity contribution is 7.80. The molecule has 1 aromatic heterocycles. The second kappa shape index (κ2) is 2.57. The lowest BCUT2D eigenvalue weighted by Gasteiger charge is -1.97. The van der Waals surface area contributed by atoms with Gasteiger partial charge in [0.05, 0.1) is 5.69 Å². The predicted molar refractivity (Wildman–Crippen MR) is 55.2 cm³/mol. The fraction of sp³-hybridized carbons (Fsp3) is 0. The highest BCUT2D eigenvalue weighted by atomic mass is 32.1. The van der Waals surface area contributed by atoms with E-state index in [2.05, 4.69) is 12.6 Å². The van der Waals surface area contributed by atoms with Gasteiger partial charge in [-0.2, -0.15) is 0 Å². The molecule has 0 spiro atoms. The molecule has 0 saturated heterocycles. The van der Waals surface area contributed by atoms with Gasteiger partial charge in [-0.15, -0.1) is 24.0 Å². The molecule has 2 nitrogen and oxygen atoms in total. The van der Waals surface area contributed by atoms with E-state index in [0.29, 0.717) is 10.6 Å². The number of hydrogen-bond acceptors (Lipinski definition) is 4. The summed E-state index contributed by atoms with van der Waals surface area (Å²) in [6.45, 7) is 0. The van der Waals surface area contributed by atoms with Crippen LogP contribution in [0, 0.1) is 0 Å². The van der Waals surface area contributed by atoms with Gasteiger partial charge in [0.1, 0.15) is 5.75 Å². The quantitative estimate of drug-likeness (QED) is 0.568. The van der Waals surface area contributed by atoms with Crippen molar-refractivity contribution >= 4 is 39.7 Å². The van der Waals surface area contributed by atoms with Crippen molar-refractivity contribution in [3.63, 3.8) is 0 Å². The van der Waals surface area contributed by atoms with E-state index in [1.54, 1.807) is 17.4 Å². The van der Waals surface area contributed by atoms with E-state index < -0.39 is 0 Å². The molecule has 0 radical (unpaired) electrons. The summed E-state index contributed by atoms with van der Waals surface area (Å²) in [6, 6.07) is 3.46. The molecule has 1 heterocycles. The fourth-order valence-electron chi connectivity index (χ4n) is 1.07. The third-order valence-corrected chi connectivity index (χ3v) is 3.02. The van der Waals surface area contributed by atoms with Crippen LogP contribution in [0.15, 0.2) is 22.4 Å². The molecule has 3 N–H and O–H groups in total. The van der Waals surface area contributed by atoms with Crippen molar-refractivity contribution in [2.45, 2.75) is 4.90 Å². The third-order valence-electron chi connectivity index (χ3n) is 1.70. The average Bonchev–Trinajstić information content (AvgIpc) is 2.35. The van der Waals surface area contributed by atoms with Crippen LogP contribution >= 0.6 is 24.0 Å². The van der Waals surface area contributed by atoms with Crippen LogP contribution < -0.4 is 5.73 Å². The minimum Gasteiger partial charge on any atom is -0.507 e. The van der Waals surface area contributed by atoms with E-state index in [1.165, 1.54) is 0 Å². The molecule has 0 fully saturated rings. The van der Waals surface area contributed by atoms with Crippen molar-refractivity contribution in [2.75, 3.05) is 5.73 Å². The Bertz CT molecular complexity index is 436. The summed E-state index contributed by atoms with van der Waals surface area (Å²) in [5.74, 6) is 0.177. The van der Waals surface area contributed by atoms with Crippen LogP contribution in [0.5, 0.6) is 5.75 Å². The molecular weight excluding hydrogens is 190 g/mol. The van der Waals surface area contributed by atoms with E-state index in [4.69, 9.17) is 5.73 Å². The Morgan fingerprint density at radius 3 is 2.92 bits per heavy atom. The molecule has 0 amide bonds. The zero-order valence-corrected chi connectivity index (χ0v) is 7.82. The summed E-state index contributed by atoms with van der Waals surface area (Å²) in [4.78, 5) is 0.587. The van der Waals surface area contributed by atoms with Gasteiger partial charge in [0, 0.05) is 20.4 Å². The topological polar surface area (TPSA) is 46.2 Å². The molecule has 0 saturated carbocycles. The molecule has 0 bridgehead atoms. The van der Waals surface area contributed by atoms with Gasteiger partial charge in [-0.05, 0) is 12.1 Å². The summed E-state index contributed by atoms with van der Waals surface area (Å²) in [5, 5.41) is 12.1. The smallest absolute Gasteiger partial charge is 0.129 e. The molecular formula is C8H7NOS2. The Morgan fingerprint density at radius 2 is 2.17 bits per heavy atom. The summed E-state index contributed by atoms with van der Waals surface area (Å²) in [5.41, 5.74) is 6.38. The van der Waals surface area contributed by atoms with Crippen LogP contribution in [-0.2, 0) is 0 Å².